The number of carbonyl (C=O) groups excluding carboxylic acids is 2. The normalized spacial score (nSPS) is 22.1. The van der Waals surface area contributed by atoms with Crippen molar-refractivity contribution in [2.75, 3.05) is 13.4 Å². The Labute approximate surface area is 170 Å². The van der Waals surface area contributed by atoms with E-state index in [-0.39, 0.29) is 32.2 Å². The number of rotatable bonds is 3. The molecule has 3 aliphatic heterocycles. The zero-order valence-corrected chi connectivity index (χ0v) is 15.8. The number of imide groups is 1. The number of urea groups is 1. The van der Waals surface area contributed by atoms with Gasteiger partial charge in [0.15, 0.2) is 12.3 Å². The number of hydrogen-bond donors (Lipinski definition) is 1. The summed E-state index contributed by atoms with van der Waals surface area (Å²) in [6.07, 6.45) is 0.294. The Bertz CT molecular complexity index is 1090. The highest BCUT2D eigenvalue weighted by atomic mass is 16.7. The zero-order chi connectivity index (χ0) is 20.9. The molecule has 1 N–H and O–H groups in total. The molecule has 1 spiro atoms. The Balaban J connectivity index is 1.53. The van der Waals surface area contributed by atoms with Gasteiger partial charge in [0.1, 0.15) is 11.5 Å². The second-order valence-corrected chi connectivity index (χ2v) is 7.28. The van der Waals surface area contributed by atoms with Crippen LogP contribution in [0.3, 0.4) is 0 Å². The molecule has 5 rings (SSSR count). The van der Waals surface area contributed by atoms with Crippen LogP contribution in [0.1, 0.15) is 23.1 Å². The molecular weight excluding hydrogens is 394 g/mol. The number of fused-ring (bicyclic) bond motifs is 3. The smallest absolute Gasteiger partial charge is 0.325 e. The van der Waals surface area contributed by atoms with Crippen molar-refractivity contribution in [1.82, 2.24) is 10.2 Å². The molecule has 10 heteroatoms. The topological polar surface area (TPSA) is 120 Å². The Morgan fingerprint density at radius 2 is 2.03 bits per heavy atom. The fourth-order valence-electron chi connectivity index (χ4n) is 4.19. The molecule has 0 bridgehead atoms. The molecule has 10 nitrogen and oxygen atoms in total. The van der Waals surface area contributed by atoms with E-state index in [1.165, 1.54) is 12.1 Å². The van der Waals surface area contributed by atoms with Crippen molar-refractivity contribution in [2.45, 2.75) is 25.1 Å². The number of para-hydroxylation sites is 1. The Kier molecular flexibility index (Phi) is 4.10. The molecule has 30 heavy (non-hydrogen) atoms. The van der Waals surface area contributed by atoms with Gasteiger partial charge >= 0.3 is 6.03 Å². The highest BCUT2D eigenvalue weighted by molar-refractivity contribution is 6.08. The number of nitrogens with one attached hydrogen (secondary N) is 1. The lowest BCUT2D eigenvalue weighted by Crippen LogP contribution is -2.47. The number of amides is 3. The third kappa shape index (κ3) is 2.68. The maximum atomic E-state index is 13.4. The van der Waals surface area contributed by atoms with Crippen LogP contribution in [0, 0.1) is 10.1 Å². The summed E-state index contributed by atoms with van der Waals surface area (Å²) in [5.41, 5.74) is 0.113. The summed E-state index contributed by atoms with van der Waals surface area (Å²) in [5.74, 6) is 0.531. The third-order valence-electron chi connectivity index (χ3n) is 5.57. The number of nitro groups is 1. The van der Waals surface area contributed by atoms with Crippen molar-refractivity contribution in [1.29, 1.82) is 0 Å². The summed E-state index contributed by atoms with van der Waals surface area (Å²) in [4.78, 5) is 38.1. The van der Waals surface area contributed by atoms with Crippen LogP contribution >= 0.6 is 0 Å². The highest BCUT2D eigenvalue weighted by Gasteiger charge is 2.54. The fraction of sp³-hybridized carbons (Fsp3) is 0.300. The fourth-order valence-corrected chi connectivity index (χ4v) is 4.19. The van der Waals surface area contributed by atoms with Crippen LogP contribution in [0.2, 0.25) is 0 Å². The number of nitro benzene ring substituents is 1. The number of nitrogens with zero attached hydrogens (tertiary/aromatic N) is 2. The van der Waals surface area contributed by atoms with E-state index in [0.717, 1.165) is 4.90 Å². The van der Waals surface area contributed by atoms with Gasteiger partial charge in [0.25, 0.3) is 11.6 Å². The van der Waals surface area contributed by atoms with Gasteiger partial charge in [-0.3, -0.25) is 19.8 Å². The molecule has 1 unspecified atom stereocenters. The lowest BCUT2D eigenvalue weighted by molar-refractivity contribution is -0.385. The van der Waals surface area contributed by atoms with Crippen molar-refractivity contribution in [2.24, 2.45) is 0 Å². The number of non-ortho nitro benzene ring substituents is 1. The molecule has 3 heterocycles. The molecule has 1 fully saturated rings. The lowest BCUT2D eigenvalue weighted by Gasteiger charge is -2.33. The van der Waals surface area contributed by atoms with Crippen LogP contribution < -0.4 is 14.8 Å². The molecule has 154 valence electrons. The van der Waals surface area contributed by atoms with E-state index in [4.69, 9.17) is 14.2 Å². The van der Waals surface area contributed by atoms with Crippen LogP contribution in [0.4, 0.5) is 10.5 Å². The maximum Gasteiger partial charge on any atom is 0.325 e. The van der Waals surface area contributed by atoms with E-state index in [9.17, 15) is 19.7 Å². The number of ether oxygens (including phenoxy) is 3. The predicted molar refractivity (Wildman–Crippen MR) is 101 cm³/mol. The van der Waals surface area contributed by atoms with Crippen molar-refractivity contribution in [3.63, 3.8) is 0 Å². The minimum atomic E-state index is -1.21. The first kappa shape index (κ1) is 18.4. The lowest BCUT2D eigenvalue weighted by atomic mass is 9.84. The van der Waals surface area contributed by atoms with Gasteiger partial charge in [-0.25, -0.2) is 4.79 Å². The molecule has 2 aromatic carbocycles. The molecule has 2 aromatic rings. The minimum absolute atomic E-state index is 0.00734. The quantitative estimate of drug-likeness (QED) is 0.467. The minimum Gasteiger partial charge on any atom is -0.493 e. The van der Waals surface area contributed by atoms with Crippen LogP contribution in [0.15, 0.2) is 36.4 Å². The van der Waals surface area contributed by atoms with Gasteiger partial charge in [-0.15, -0.1) is 0 Å². The summed E-state index contributed by atoms with van der Waals surface area (Å²) in [6.45, 7) is 0.272. The number of hydrogen-bond acceptors (Lipinski definition) is 7. The Hall–Kier alpha value is -3.66. The second-order valence-electron chi connectivity index (χ2n) is 7.28. The van der Waals surface area contributed by atoms with Gasteiger partial charge in [-0.2, -0.15) is 0 Å². The average molecular weight is 411 g/mol. The maximum absolute atomic E-state index is 13.4. The molecule has 1 saturated heterocycles. The first-order valence-electron chi connectivity index (χ1n) is 9.37. The van der Waals surface area contributed by atoms with Crippen LogP contribution in [-0.4, -0.2) is 35.2 Å². The second kappa shape index (κ2) is 6.70. The van der Waals surface area contributed by atoms with Crippen molar-refractivity contribution < 1.29 is 28.7 Å². The van der Waals surface area contributed by atoms with Gasteiger partial charge in [0.2, 0.25) is 0 Å². The van der Waals surface area contributed by atoms with Gasteiger partial charge in [-0.1, -0.05) is 18.2 Å². The van der Waals surface area contributed by atoms with Crippen molar-refractivity contribution in [3.05, 3.63) is 63.2 Å². The van der Waals surface area contributed by atoms with E-state index in [0.29, 0.717) is 34.6 Å². The SMILES string of the molecule is O=C1NC2(CCOc3ccccc32)C(=O)N1Cc1cc([N+](=O)[O-])cc2c1OCOC2. The summed E-state index contributed by atoms with van der Waals surface area (Å²) >= 11 is 0. The number of benzene rings is 2. The Morgan fingerprint density at radius 3 is 2.87 bits per heavy atom. The van der Waals surface area contributed by atoms with Crippen LogP contribution in [0.25, 0.3) is 0 Å². The first-order chi connectivity index (χ1) is 14.5. The van der Waals surface area contributed by atoms with E-state index in [1.807, 2.05) is 0 Å². The summed E-state index contributed by atoms with van der Waals surface area (Å²) in [5, 5.41) is 14.2. The molecule has 0 saturated carbocycles. The van der Waals surface area contributed by atoms with E-state index in [2.05, 4.69) is 5.32 Å². The van der Waals surface area contributed by atoms with Crippen molar-refractivity contribution in [3.8, 4) is 11.5 Å². The van der Waals surface area contributed by atoms with Gasteiger partial charge in [-0.05, 0) is 6.07 Å². The monoisotopic (exact) mass is 411 g/mol. The first-order valence-corrected chi connectivity index (χ1v) is 9.37. The van der Waals surface area contributed by atoms with E-state index in [1.54, 1.807) is 24.3 Å². The predicted octanol–water partition coefficient (Wildman–Crippen LogP) is 2.19. The van der Waals surface area contributed by atoms with Crippen LogP contribution in [-0.2, 0) is 28.2 Å². The van der Waals surface area contributed by atoms with Crippen molar-refractivity contribution >= 4 is 17.6 Å². The Morgan fingerprint density at radius 1 is 1.20 bits per heavy atom. The molecule has 3 amide bonds. The van der Waals surface area contributed by atoms with Crippen LogP contribution in [0.5, 0.6) is 11.5 Å². The standard InChI is InChI=1S/C20H17N3O7/c24-18-20(5-6-29-16-4-2-1-3-15(16)20)21-19(25)22(18)9-12-7-14(23(26)27)8-13-10-28-11-30-17(12)13/h1-4,7-8H,5-6,9-11H2,(H,21,25). The van der Waals surface area contributed by atoms with Gasteiger partial charge in [0.05, 0.1) is 24.7 Å². The van der Waals surface area contributed by atoms with Gasteiger partial charge < -0.3 is 19.5 Å². The van der Waals surface area contributed by atoms with E-state index < -0.39 is 22.4 Å². The summed E-state index contributed by atoms with van der Waals surface area (Å²) < 4.78 is 16.4. The molecule has 0 aliphatic carbocycles. The molecule has 3 aliphatic rings. The highest BCUT2D eigenvalue weighted by Crippen LogP contribution is 2.42. The average Bonchev–Trinajstić information content (AvgIpc) is 2.98. The largest absolute Gasteiger partial charge is 0.493 e. The molecular formula is C20H17N3O7. The van der Waals surface area contributed by atoms with E-state index >= 15 is 0 Å². The molecule has 1 atom stereocenters. The summed E-state index contributed by atoms with van der Waals surface area (Å²) in [6, 6.07) is 9.22. The third-order valence-corrected chi connectivity index (χ3v) is 5.57. The molecule has 0 aromatic heterocycles. The zero-order valence-electron chi connectivity index (χ0n) is 15.8. The number of carbonyl (C=O) groups is 2. The summed E-state index contributed by atoms with van der Waals surface area (Å²) in [7, 11) is 0. The molecule has 0 radical (unpaired) electrons. The van der Waals surface area contributed by atoms with Gasteiger partial charge in [0, 0.05) is 35.2 Å².